The molecule has 0 radical (unpaired) electrons. The normalized spacial score (nSPS) is 17.5. The van der Waals surface area contributed by atoms with E-state index in [9.17, 15) is 18.4 Å². The number of halogens is 4. The Morgan fingerprint density at radius 3 is 2.11 bits per heavy atom. The topological polar surface area (TPSA) is 64.4 Å². The number of hydrogen-bond donors (Lipinski definition) is 0. The Bertz CT molecular complexity index is 1530. The van der Waals surface area contributed by atoms with E-state index in [0.717, 1.165) is 54.8 Å². The van der Waals surface area contributed by atoms with Crippen molar-refractivity contribution >= 4 is 55.0 Å². The smallest absolute Gasteiger partial charge is 0.257 e. The molecule has 256 valence electrons. The maximum absolute atomic E-state index is 14.5. The van der Waals surface area contributed by atoms with Crippen LogP contribution in [0.4, 0.5) is 8.78 Å². The fourth-order valence-electron chi connectivity index (χ4n) is 6.72. The van der Waals surface area contributed by atoms with E-state index in [1.54, 1.807) is 18.0 Å². The van der Waals surface area contributed by atoms with Crippen molar-refractivity contribution in [1.29, 1.82) is 0 Å². The summed E-state index contributed by atoms with van der Waals surface area (Å²) in [7, 11) is -2.29. The summed E-state index contributed by atoms with van der Waals surface area (Å²) >= 11 is 15.3. The van der Waals surface area contributed by atoms with E-state index < -0.39 is 26.1 Å². The summed E-state index contributed by atoms with van der Waals surface area (Å²) in [6.07, 6.45) is 5.99. The first-order valence-corrected chi connectivity index (χ1v) is 20.9. The lowest BCUT2D eigenvalue weighted by Gasteiger charge is -2.37. The minimum atomic E-state index is -2.29. The van der Waals surface area contributed by atoms with Gasteiger partial charge in [0.1, 0.15) is 17.4 Å². The number of amides is 1. The predicted molar refractivity (Wildman–Crippen MR) is 189 cm³/mol. The molecule has 4 rings (SSSR count). The Balaban J connectivity index is 1.77. The van der Waals surface area contributed by atoms with Crippen LogP contribution in [0, 0.1) is 24.5 Å². The Morgan fingerprint density at radius 1 is 1.02 bits per heavy atom. The average Bonchev–Trinajstić information content (AvgIpc) is 3.42. The number of benzene rings is 2. The van der Waals surface area contributed by atoms with E-state index >= 15 is 0 Å². The number of rotatable bonds is 14. The van der Waals surface area contributed by atoms with Gasteiger partial charge in [-0.05, 0) is 93.7 Å². The summed E-state index contributed by atoms with van der Waals surface area (Å²) in [5, 5.41) is 5.50. The number of hydrogen-bond acceptors (Lipinski definition) is 5. The molecule has 1 aliphatic carbocycles. The van der Waals surface area contributed by atoms with E-state index in [2.05, 4.69) is 25.9 Å². The maximum Gasteiger partial charge on any atom is 0.257 e. The SMILES string of the molecule is CC[Si](CC)(CC)OC(CN(Cc1cc(F)cc(F)c1)C(=O)c1cnn([C@H]2CC[C@H](C(C)=O)CC2)c1C)c1c(Cl)cc(SC)cc1Cl. The molecule has 0 spiro atoms. The summed E-state index contributed by atoms with van der Waals surface area (Å²) in [6, 6.07) is 9.62. The summed E-state index contributed by atoms with van der Waals surface area (Å²) in [5.41, 5.74) is 2.00. The van der Waals surface area contributed by atoms with Crippen LogP contribution < -0.4 is 0 Å². The molecule has 1 amide bonds. The molecule has 6 nitrogen and oxygen atoms in total. The molecular formula is C35H45Cl2F2N3O3SSi. The molecule has 0 aliphatic heterocycles. The third-order valence-corrected chi connectivity index (χ3v) is 15.8. The van der Waals surface area contributed by atoms with Gasteiger partial charge in [-0.25, -0.2) is 8.78 Å². The molecule has 0 bridgehead atoms. The van der Waals surface area contributed by atoms with Crippen LogP contribution in [0.1, 0.15) is 92.7 Å². The highest BCUT2D eigenvalue weighted by Gasteiger charge is 2.37. The second-order valence-electron chi connectivity index (χ2n) is 12.5. The minimum Gasteiger partial charge on any atom is -0.408 e. The molecule has 1 fully saturated rings. The van der Waals surface area contributed by atoms with Crippen LogP contribution in [-0.4, -0.2) is 47.5 Å². The standard InChI is InChI=1S/C35H45Cl2F2N3O3SSi/c1-7-47(8-2,9-3)45-33(34-31(36)17-29(46-6)18-32(34)37)21-41(20-24-14-26(38)16-27(39)15-24)35(44)30-19-40-42(22(30)4)28-12-10-25(11-13-28)23(5)43/h14-19,25,28,33H,7-13,20-21H2,1-6H3/t25-,28-,33?. The van der Waals surface area contributed by atoms with Gasteiger partial charge in [-0.15, -0.1) is 11.8 Å². The zero-order valence-electron chi connectivity index (χ0n) is 28.0. The highest BCUT2D eigenvalue weighted by Crippen LogP contribution is 2.40. The minimum absolute atomic E-state index is 0.0537. The lowest BCUT2D eigenvalue weighted by atomic mass is 9.84. The summed E-state index contributed by atoms with van der Waals surface area (Å²) in [6.45, 7) is 9.85. The molecule has 2 aromatic carbocycles. The van der Waals surface area contributed by atoms with Crippen molar-refractivity contribution in [2.75, 3.05) is 12.8 Å². The van der Waals surface area contributed by atoms with Crippen LogP contribution >= 0.6 is 35.0 Å². The molecule has 0 saturated heterocycles. The molecule has 3 aromatic rings. The van der Waals surface area contributed by atoms with Gasteiger partial charge in [0.2, 0.25) is 0 Å². The van der Waals surface area contributed by atoms with Gasteiger partial charge in [-0.2, -0.15) is 5.10 Å². The van der Waals surface area contributed by atoms with Crippen LogP contribution in [0.2, 0.25) is 28.2 Å². The van der Waals surface area contributed by atoms with Gasteiger partial charge in [-0.3, -0.25) is 14.3 Å². The van der Waals surface area contributed by atoms with Crippen LogP contribution in [0.25, 0.3) is 0 Å². The average molecular weight is 725 g/mol. The Labute approximate surface area is 292 Å². The largest absolute Gasteiger partial charge is 0.408 e. The molecule has 1 atom stereocenters. The van der Waals surface area contributed by atoms with Gasteiger partial charge in [-0.1, -0.05) is 44.0 Å². The first kappa shape index (κ1) is 37.6. The summed E-state index contributed by atoms with van der Waals surface area (Å²) in [5.74, 6) is -1.51. The third-order valence-electron chi connectivity index (χ3n) is 9.80. The maximum atomic E-state index is 14.5. The number of aromatic nitrogens is 2. The van der Waals surface area contributed by atoms with Crippen molar-refractivity contribution in [1.82, 2.24) is 14.7 Å². The van der Waals surface area contributed by atoms with Crippen LogP contribution in [0.15, 0.2) is 41.4 Å². The van der Waals surface area contributed by atoms with E-state index in [1.165, 1.54) is 23.9 Å². The number of thioether (sulfide) groups is 1. The zero-order chi connectivity index (χ0) is 34.5. The fraction of sp³-hybridized carbons (Fsp3) is 0.514. The zero-order valence-corrected chi connectivity index (χ0v) is 31.4. The van der Waals surface area contributed by atoms with Gasteiger partial charge >= 0.3 is 0 Å². The quantitative estimate of drug-likeness (QED) is 0.122. The van der Waals surface area contributed by atoms with E-state index in [4.69, 9.17) is 27.6 Å². The number of Topliss-reactive ketones (excluding diaryl/α,β-unsaturated/α-hetero) is 1. The van der Waals surface area contributed by atoms with E-state index in [1.807, 2.05) is 30.0 Å². The fourth-order valence-corrected chi connectivity index (χ4v) is 10.8. The lowest BCUT2D eigenvalue weighted by molar-refractivity contribution is -0.121. The van der Waals surface area contributed by atoms with Gasteiger partial charge in [0.05, 0.1) is 30.5 Å². The molecular weight excluding hydrogens is 679 g/mol. The van der Waals surface area contributed by atoms with Gasteiger partial charge in [0.25, 0.3) is 5.91 Å². The number of carbonyl (C=O) groups excluding carboxylic acids is 2. The monoisotopic (exact) mass is 723 g/mol. The molecule has 1 saturated carbocycles. The van der Waals surface area contributed by atoms with Crippen molar-refractivity contribution in [3.8, 4) is 0 Å². The highest BCUT2D eigenvalue weighted by molar-refractivity contribution is 7.98. The highest BCUT2D eigenvalue weighted by atomic mass is 35.5. The molecule has 12 heteroatoms. The Morgan fingerprint density at radius 2 is 1.60 bits per heavy atom. The molecule has 1 aliphatic rings. The van der Waals surface area contributed by atoms with Gasteiger partial charge in [0, 0.05) is 44.7 Å². The first-order chi connectivity index (χ1) is 22.3. The Hall–Kier alpha value is -2.24. The van der Waals surface area contributed by atoms with Crippen molar-refractivity contribution in [2.45, 2.75) is 102 Å². The molecule has 47 heavy (non-hydrogen) atoms. The number of carbonyl (C=O) groups is 2. The molecule has 1 aromatic heterocycles. The lowest BCUT2D eigenvalue weighted by Crippen LogP contribution is -2.42. The predicted octanol–water partition coefficient (Wildman–Crippen LogP) is 10.2. The van der Waals surface area contributed by atoms with Crippen LogP contribution in [0.3, 0.4) is 0 Å². The van der Waals surface area contributed by atoms with E-state index in [-0.39, 0.29) is 36.7 Å². The number of ketones is 1. The molecule has 1 heterocycles. The van der Waals surface area contributed by atoms with Crippen molar-refractivity contribution in [3.05, 3.63) is 80.6 Å². The van der Waals surface area contributed by atoms with Crippen LogP contribution in [-0.2, 0) is 15.8 Å². The third kappa shape index (κ3) is 8.87. The van der Waals surface area contributed by atoms with Crippen molar-refractivity contribution in [2.24, 2.45) is 5.92 Å². The van der Waals surface area contributed by atoms with Gasteiger partial charge in [0.15, 0.2) is 8.32 Å². The van der Waals surface area contributed by atoms with E-state index in [0.29, 0.717) is 32.4 Å². The summed E-state index contributed by atoms with van der Waals surface area (Å²) < 4.78 is 37.7. The first-order valence-electron chi connectivity index (χ1n) is 16.3. The second-order valence-corrected chi connectivity index (χ2v) is 18.9. The number of nitrogens with zero attached hydrogens (tertiary/aromatic N) is 3. The van der Waals surface area contributed by atoms with Gasteiger partial charge < -0.3 is 9.33 Å². The molecule has 0 N–H and O–H groups in total. The molecule has 1 unspecified atom stereocenters. The summed E-state index contributed by atoms with van der Waals surface area (Å²) in [4.78, 5) is 28.9. The van der Waals surface area contributed by atoms with Crippen LogP contribution in [0.5, 0.6) is 0 Å². The second kappa shape index (κ2) is 16.4. The van der Waals surface area contributed by atoms with Crippen molar-refractivity contribution in [3.63, 3.8) is 0 Å². The van der Waals surface area contributed by atoms with Crippen molar-refractivity contribution < 1.29 is 22.8 Å². The Kier molecular flexibility index (Phi) is 13.1.